The fourth-order valence-electron chi connectivity index (χ4n) is 6.60. The minimum Gasteiger partial charge on any atom is -0.462 e. The van der Waals surface area contributed by atoms with Gasteiger partial charge in [-0.05, 0) is 50.5 Å². The van der Waals surface area contributed by atoms with Crippen molar-refractivity contribution in [3.8, 4) is 0 Å². The van der Waals surface area contributed by atoms with E-state index in [0.29, 0.717) is 25.7 Å². The molecule has 0 heterocycles. The molecule has 0 bridgehead atoms. The van der Waals surface area contributed by atoms with Gasteiger partial charge in [0.05, 0.1) is 19.8 Å². The number of aliphatic hydroxyl groups excluding tert-OH is 2. The number of aliphatic hydroxyl groups is 2. The summed E-state index contributed by atoms with van der Waals surface area (Å²) in [5.41, 5.74) is 0. The van der Waals surface area contributed by atoms with Crippen molar-refractivity contribution in [3.63, 3.8) is 0 Å². The SMILES string of the molecule is CCCCCC(=O)/C=C/C=C\C/C=C\C/C=C\CCCC(=O)O[C@H](COC(=O)CCCCCCCCCCCCCCCCCCCCC(C)C)COP(=O)(O)OC[C@@H](O)CO. The first kappa shape index (κ1) is 59.6. The number of hydrogen-bond donors (Lipinski definition) is 3. The Morgan fingerprint density at radius 2 is 1.08 bits per heavy atom. The lowest BCUT2D eigenvalue weighted by molar-refractivity contribution is -0.161. The molecular weight excluding hydrogens is 808 g/mol. The van der Waals surface area contributed by atoms with Gasteiger partial charge < -0.3 is 24.6 Å². The summed E-state index contributed by atoms with van der Waals surface area (Å²) in [5.74, 6) is -0.0246. The van der Waals surface area contributed by atoms with Crippen molar-refractivity contribution in [2.24, 2.45) is 5.92 Å². The number of ketones is 1. The zero-order valence-corrected chi connectivity index (χ0v) is 40.1. The van der Waals surface area contributed by atoms with Gasteiger partial charge in [0.2, 0.25) is 0 Å². The number of allylic oxidation sites excluding steroid dienone is 8. The average molecular weight is 897 g/mol. The van der Waals surface area contributed by atoms with Gasteiger partial charge in [0, 0.05) is 19.3 Å². The van der Waals surface area contributed by atoms with Crippen molar-refractivity contribution in [3.05, 3.63) is 48.6 Å². The molecule has 3 atom stereocenters. The number of carbonyl (C=O) groups excluding carboxylic acids is 3. The third-order valence-electron chi connectivity index (χ3n) is 10.4. The van der Waals surface area contributed by atoms with Crippen molar-refractivity contribution >= 4 is 25.5 Å². The molecule has 0 amide bonds. The molecule has 360 valence electrons. The second-order valence-electron chi connectivity index (χ2n) is 17.0. The molecule has 0 aliphatic heterocycles. The van der Waals surface area contributed by atoms with Crippen molar-refractivity contribution in [2.75, 3.05) is 26.4 Å². The van der Waals surface area contributed by atoms with E-state index in [-0.39, 0.29) is 25.2 Å². The summed E-state index contributed by atoms with van der Waals surface area (Å²) >= 11 is 0. The van der Waals surface area contributed by atoms with Crippen LogP contribution in [0.3, 0.4) is 0 Å². The molecule has 0 radical (unpaired) electrons. The van der Waals surface area contributed by atoms with Gasteiger partial charge in [0.25, 0.3) is 0 Å². The molecule has 0 aromatic rings. The Bertz CT molecular complexity index is 1250. The van der Waals surface area contributed by atoms with Gasteiger partial charge in [0.1, 0.15) is 12.7 Å². The second kappa shape index (κ2) is 43.8. The lowest BCUT2D eigenvalue weighted by Crippen LogP contribution is -2.29. The number of ether oxygens (including phenoxy) is 2. The van der Waals surface area contributed by atoms with Crippen LogP contribution in [0.25, 0.3) is 0 Å². The first-order valence-corrected chi connectivity index (χ1v) is 25.9. The number of phosphoric acid groups is 1. The highest BCUT2D eigenvalue weighted by Crippen LogP contribution is 2.43. The standard InChI is InChI=1S/C50H89O11P/c1-4-5-31-37-46(52)38-33-28-24-20-16-14-18-22-26-30-35-40-50(55)61-48(44-60-62(56,57)59-42-47(53)41-51)43-58-49(54)39-34-29-25-21-17-13-11-9-7-6-8-10-12-15-19-23-27-32-36-45(2)3/h14,16,22,24,26,28,33,38,45,47-48,51,53H,4-13,15,17-21,23,25,27,29-32,34-37,39-44H2,1-3H3,(H,56,57)/b16-14-,26-22-,28-24-,38-33+/t47-,48+/m0/s1. The Hall–Kier alpha value is -2.40. The van der Waals surface area contributed by atoms with Crippen LogP contribution in [0, 0.1) is 5.92 Å². The lowest BCUT2D eigenvalue weighted by atomic mass is 10.0. The van der Waals surface area contributed by atoms with Crippen LogP contribution < -0.4 is 0 Å². The number of unbranched alkanes of at least 4 members (excludes halogenated alkanes) is 20. The maximum Gasteiger partial charge on any atom is 0.472 e. The smallest absolute Gasteiger partial charge is 0.462 e. The van der Waals surface area contributed by atoms with E-state index >= 15 is 0 Å². The van der Waals surface area contributed by atoms with Crippen molar-refractivity contribution in [2.45, 2.75) is 219 Å². The van der Waals surface area contributed by atoms with Gasteiger partial charge >= 0.3 is 19.8 Å². The maximum absolute atomic E-state index is 12.6. The molecule has 12 heteroatoms. The summed E-state index contributed by atoms with van der Waals surface area (Å²) in [5, 5.41) is 18.4. The van der Waals surface area contributed by atoms with Gasteiger partial charge in [-0.3, -0.25) is 23.4 Å². The van der Waals surface area contributed by atoms with Crippen LogP contribution in [-0.2, 0) is 37.5 Å². The third kappa shape index (κ3) is 44.2. The average Bonchev–Trinajstić information content (AvgIpc) is 3.24. The molecule has 0 aromatic heterocycles. The number of esters is 2. The Balaban J connectivity index is 4.30. The first-order valence-electron chi connectivity index (χ1n) is 24.4. The zero-order chi connectivity index (χ0) is 45.8. The summed E-state index contributed by atoms with van der Waals surface area (Å²) in [6.45, 7) is 4.51. The predicted molar refractivity (Wildman–Crippen MR) is 252 cm³/mol. The number of phosphoric ester groups is 1. The summed E-state index contributed by atoms with van der Waals surface area (Å²) in [7, 11) is -4.65. The highest BCUT2D eigenvalue weighted by molar-refractivity contribution is 7.47. The molecule has 0 rings (SSSR count). The van der Waals surface area contributed by atoms with E-state index in [2.05, 4.69) is 25.3 Å². The van der Waals surface area contributed by atoms with Gasteiger partial charge in [-0.15, -0.1) is 0 Å². The minimum atomic E-state index is -4.65. The molecule has 0 spiro atoms. The molecule has 0 saturated heterocycles. The van der Waals surface area contributed by atoms with E-state index in [1.54, 1.807) is 12.2 Å². The van der Waals surface area contributed by atoms with Crippen LogP contribution in [0.2, 0.25) is 0 Å². The summed E-state index contributed by atoms with van der Waals surface area (Å²) < 4.78 is 32.7. The van der Waals surface area contributed by atoms with Gasteiger partial charge in [-0.1, -0.05) is 192 Å². The highest BCUT2D eigenvalue weighted by atomic mass is 31.2. The first-order chi connectivity index (χ1) is 30.0. The zero-order valence-electron chi connectivity index (χ0n) is 39.2. The summed E-state index contributed by atoms with van der Waals surface area (Å²) in [6, 6.07) is 0. The van der Waals surface area contributed by atoms with Crippen LogP contribution in [0.5, 0.6) is 0 Å². The van der Waals surface area contributed by atoms with Crippen LogP contribution >= 0.6 is 7.82 Å². The van der Waals surface area contributed by atoms with Crippen molar-refractivity contribution in [1.29, 1.82) is 0 Å². The molecule has 0 fully saturated rings. The topological polar surface area (TPSA) is 166 Å². The van der Waals surface area contributed by atoms with E-state index in [4.69, 9.17) is 19.1 Å². The Morgan fingerprint density at radius 1 is 0.581 bits per heavy atom. The van der Waals surface area contributed by atoms with E-state index in [1.165, 1.54) is 96.3 Å². The Labute approximate surface area is 377 Å². The monoisotopic (exact) mass is 897 g/mol. The number of carbonyl (C=O) groups is 3. The molecule has 0 saturated carbocycles. The fourth-order valence-corrected chi connectivity index (χ4v) is 7.39. The van der Waals surface area contributed by atoms with Crippen molar-refractivity contribution in [1.82, 2.24) is 0 Å². The second-order valence-corrected chi connectivity index (χ2v) is 18.5. The molecule has 0 aliphatic carbocycles. The molecular formula is C50H89O11P. The summed E-state index contributed by atoms with van der Waals surface area (Å²) in [6.07, 6.45) is 43.6. The maximum atomic E-state index is 12.6. The quantitative estimate of drug-likeness (QED) is 0.0133. The highest BCUT2D eigenvalue weighted by Gasteiger charge is 2.27. The third-order valence-corrected chi connectivity index (χ3v) is 11.3. The van der Waals surface area contributed by atoms with Crippen LogP contribution in [0.15, 0.2) is 48.6 Å². The lowest BCUT2D eigenvalue weighted by Gasteiger charge is -2.20. The largest absolute Gasteiger partial charge is 0.472 e. The molecule has 0 aliphatic rings. The predicted octanol–water partition coefficient (Wildman–Crippen LogP) is 12.7. The normalized spacial score (nSPS) is 14.1. The van der Waals surface area contributed by atoms with Gasteiger partial charge in [0.15, 0.2) is 11.9 Å². The van der Waals surface area contributed by atoms with E-state index < -0.39 is 51.8 Å². The van der Waals surface area contributed by atoms with Crippen LogP contribution in [-0.4, -0.2) is 71.5 Å². The van der Waals surface area contributed by atoms with Gasteiger partial charge in [-0.2, -0.15) is 0 Å². The minimum absolute atomic E-state index is 0.0824. The van der Waals surface area contributed by atoms with Crippen molar-refractivity contribution < 1.29 is 52.6 Å². The van der Waals surface area contributed by atoms with Crippen LogP contribution in [0.1, 0.15) is 207 Å². The van der Waals surface area contributed by atoms with Gasteiger partial charge in [-0.25, -0.2) is 4.57 Å². The number of hydrogen-bond acceptors (Lipinski definition) is 10. The Kier molecular flexibility index (Phi) is 42.1. The van der Waals surface area contributed by atoms with E-state index in [0.717, 1.165) is 57.3 Å². The van der Waals surface area contributed by atoms with E-state index in [1.807, 2.05) is 36.5 Å². The number of rotatable bonds is 45. The van der Waals surface area contributed by atoms with E-state index in [9.17, 15) is 28.9 Å². The molecule has 0 aromatic carbocycles. The summed E-state index contributed by atoms with van der Waals surface area (Å²) in [4.78, 5) is 46.8. The molecule has 3 N–H and O–H groups in total. The Morgan fingerprint density at radius 3 is 1.65 bits per heavy atom. The van der Waals surface area contributed by atoms with Crippen LogP contribution in [0.4, 0.5) is 0 Å². The molecule has 1 unspecified atom stereocenters. The molecule has 62 heavy (non-hydrogen) atoms. The fraction of sp³-hybridized carbons (Fsp3) is 0.780. The molecule has 11 nitrogen and oxygen atoms in total.